The molecule has 1 saturated heterocycles. The number of aliphatic hydroxyl groups is 1. The highest BCUT2D eigenvalue weighted by Gasteiger charge is 2.19. The summed E-state index contributed by atoms with van der Waals surface area (Å²) in [5.41, 5.74) is 1.51. The van der Waals surface area contributed by atoms with Crippen LogP contribution in [0.4, 0.5) is 0 Å². The maximum atomic E-state index is 11.2. The van der Waals surface area contributed by atoms with E-state index < -0.39 is 6.10 Å². The number of hydrogen-bond acceptors (Lipinski definition) is 6. The maximum absolute atomic E-state index is 11.2. The van der Waals surface area contributed by atoms with Gasteiger partial charge in [-0.05, 0) is 55.8 Å². The highest BCUT2D eigenvalue weighted by Crippen LogP contribution is 2.19. The average molecular weight is 408 g/mol. The Bertz CT molecular complexity index is 997. The van der Waals surface area contributed by atoms with E-state index >= 15 is 0 Å². The third kappa shape index (κ3) is 5.69. The fraction of sp³-hybridized carbons (Fsp3) is 0.375. The first-order valence-corrected chi connectivity index (χ1v) is 10.5. The van der Waals surface area contributed by atoms with Crippen LogP contribution in [0.15, 0.2) is 69.9 Å². The highest BCUT2D eigenvalue weighted by molar-refractivity contribution is 5.77. The summed E-state index contributed by atoms with van der Waals surface area (Å²) in [5, 5.41) is 14.5. The monoisotopic (exact) mass is 408 g/mol. The first-order valence-electron chi connectivity index (χ1n) is 10.5. The number of benzene rings is 2. The van der Waals surface area contributed by atoms with Gasteiger partial charge in [-0.1, -0.05) is 30.3 Å². The van der Waals surface area contributed by atoms with Gasteiger partial charge in [0.15, 0.2) is 0 Å². The van der Waals surface area contributed by atoms with Crippen LogP contribution in [0.1, 0.15) is 18.4 Å². The third-order valence-corrected chi connectivity index (χ3v) is 5.51. The molecule has 6 heteroatoms. The largest absolute Gasteiger partial charge is 0.491 e. The highest BCUT2D eigenvalue weighted by atomic mass is 16.5. The van der Waals surface area contributed by atoms with Crippen LogP contribution in [0.3, 0.4) is 0 Å². The summed E-state index contributed by atoms with van der Waals surface area (Å²) in [5.74, 6) is 0.643. The van der Waals surface area contributed by atoms with Crippen LogP contribution in [0.5, 0.6) is 5.75 Å². The van der Waals surface area contributed by atoms with E-state index in [0.717, 1.165) is 37.9 Å². The number of piperidine rings is 1. The molecular weight excluding hydrogens is 380 g/mol. The predicted molar refractivity (Wildman–Crippen MR) is 117 cm³/mol. The van der Waals surface area contributed by atoms with Gasteiger partial charge in [0.1, 0.15) is 24.0 Å². The number of ether oxygens (including phenoxy) is 1. The fourth-order valence-electron chi connectivity index (χ4n) is 3.83. The lowest BCUT2D eigenvalue weighted by Crippen LogP contribution is -2.45. The van der Waals surface area contributed by atoms with Gasteiger partial charge in [0, 0.05) is 30.6 Å². The third-order valence-electron chi connectivity index (χ3n) is 5.51. The summed E-state index contributed by atoms with van der Waals surface area (Å²) < 4.78 is 10.8. The molecule has 1 unspecified atom stereocenters. The molecule has 0 aliphatic carbocycles. The molecule has 158 valence electrons. The summed E-state index contributed by atoms with van der Waals surface area (Å²) in [6.45, 7) is 3.84. The zero-order valence-corrected chi connectivity index (χ0v) is 17.0. The predicted octanol–water partition coefficient (Wildman–Crippen LogP) is 2.79. The fourth-order valence-corrected chi connectivity index (χ4v) is 3.83. The first kappa shape index (κ1) is 20.6. The van der Waals surface area contributed by atoms with Crippen molar-refractivity contribution in [1.29, 1.82) is 0 Å². The number of rotatable bonds is 8. The minimum atomic E-state index is -0.586. The summed E-state index contributed by atoms with van der Waals surface area (Å²) in [4.78, 5) is 13.7. The van der Waals surface area contributed by atoms with E-state index in [1.807, 2.05) is 6.07 Å². The maximum Gasteiger partial charge on any atom is 0.336 e. The van der Waals surface area contributed by atoms with Crippen molar-refractivity contribution in [3.05, 3.63) is 76.6 Å². The molecule has 0 spiro atoms. The van der Waals surface area contributed by atoms with Gasteiger partial charge >= 0.3 is 5.63 Å². The lowest BCUT2D eigenvalue weighted by atomic mass is 10.0. The Labute approximate surface area is 176 Å². The molecule has 1 aromatic heterocycles. The molecule has 0 bridgehead atoms. The van der Waals surface area contributed by atoms with Crippen LogP contribution >= 0.6 is 0 Å². The molecule has 30 heavy (non-hydrogen) atoms. The number of aliphatic hydroxyl groups excluding tert-OH is 1. The molecule has 2 N–H and O–H groups in total. The second-order valence-electron chi connectivity index (χ2n) is 7.86. The number of nitrogens with zero attached hydrogens (tertiary/aromatic N) is 1. The zero-order valence-electron chi connectivity index (χ0n) is 17.0. The van der Waals surface area contributed by atoms with Crippen LogP contribution in [-0.4, -0.2) is 48.4 Å². The quantitative estimate of drug-likeness (QED) is 0.559. The number of hydrogen-bond donors (Lipinski definition) is 2. The van der Waals surface area contributed by atoms with Gasteiger partial charge in [0.25, 0.3) is 0 Å². The Balaban J connectivity index is 1.17. The van der Waals surface area contributed by atoms with Crippen molar-refractivity contribution in [3.63, 3.8) is 0 Å². The second-order valence-corrected chi connectivity index (χ2v) is 7.86. The molecule has 1 aliphatic rings. The Hall–Kier alpha value is -2.67. The minimum Gasteiger partial charge on any atom is -0.491 e. The van der Waals surface area contributed by atoms with Crippen LogP contribution in [0, 0.1) is 0 Å². The van der Waals surface area contributed by atoms with Gasteiger partial charge in [0.05, 0.1) is 0 Å². The summed E-state index contributed by atoms with van der Waals surface area (Å²) in [6.07, 6.45) is 1.57. The van der Waals surface area contributed by atoms with E-state index in [9.17, 15) is 9.90 Å². The van der Waals surface area contributed by atoms with E-state index in [1.54, 1.807) is 24.3 Å². The van der Waals surface area contributed by atoms with Gasteiger partial charge in [-0.25, -0.2) is 4.79 Å². The second kappa shape index (κ2) is 9.89. The molecular formula is C24H28N2O4. The SMILES string of the molecule is O=c1ccc2cc(OCC(O)CNC3CCN(Cc4ccccc4)CC3)ccc2o1. The van der Waals surface area contributed by atoms with Crippen LogP contribution in [-0.2, 0) is 6.54 Å². The normalized spacial score (nSPS) is 16.6. The molecule has 1 aliphatic heterocycles. The van der Waals surface area contributed by atoms with Gasteiger partial charge < -0.3 is 19.6 Å². The molecule has 0 saturated carbocycles. The van der Waals surface area contributed by atoms with Crippen molar-refractivity contribution in [3.8, 4) is 5.75 Å². The number of likely N-dealkylation sites (tertiary alicyclic amines) is 1. The van der Waals surface area contributed by atoms with Crippen molar-refractivity contribution in [1.82, 2.24) is 10.2 Å². The molecule has 4 rings (SSSR count). The van der Waals surface area contributed by atoms with Crippen molar-refractivity contribution < 1.29 is 14.3 Å². The standard InChI is InChI=1S/C24H28N2O4/c27-21(17-29-22-7-8-23-19(14-22)6-9-24(28)30-23)15-25-20-10-12-26(13-11-20)16-18-4-2-1-3-5-18/h1-9,14,20-21,25,27H,10-13,15-17H2. The Kier molecular flexibility index (Phi) is 6.79. The van der Waals surface area contributed by atoms with E-state index in [0.29, 0.717) is 23.9 Å². The Morgan fingerprint density at radius 3 is 2.70 bits per heavy atom. The van der Waals surface area contributed by atoms with Crippen LogP contribution in [0.2, 0.25) is 0 Å². The molecule has 6 nitrogen and oxygen atoms in total. The summed E-state index contributed by atoms with van der Waals surface area (Å²) in [7, 11) is 0. The lowest BCUT2D eigenvalue weighted by molar-refractivity contribution is 0.0980. The van der Waals surface area contributed by atoms with Crippen molar-refractivity contribution in [2.45, 2.75) is 31.5 Å². The van der Waals surface area contributed by atoms with Gasteiger partial charge in [-0.2, -0.15) is 0 Å². The van der Waals surface area contributed by atoms with E-state index in [1.165, 1.54) is 11.6 Å². The molecule has 0 amide bonds. The van der Waals surface area contributed by atoms with Crippen LogP contribution in [0.25, 0.3) is 11.0 Å². The topological polar surface area (TPSA) is 74.9 Å². The van der Waals surface area contributed by atoms with E-state index in [-0.39, 0.29) is 12.2 Å². The van der Waals surface area contributed by atoms with Crippen molar-refractivity contribution in [2.75, 3.05) is 26.2 Å². The average Bonchev–Trinajstić information content (AvgIpc) is 2.78. The summed E-state index contributed by atoms with van der Waals surface area (Å²) >= 11 is 0. The number of fused-ring (bicyclic) bond motifs is 1. The van der Waals surface area contributed by atoms with Crippen LogP contribution < -0.4 is 15.7 Å². The Morgan fingerprint density at radius 1 is 1.10 bits per heavy atom. The van der Waals surface area contributed by atoms with E-state index in [4.69, 9.17) is 9.15 Å². The van der Waals surface area contributed by atoms with E-state index in [2.05, 4.69) is 34.5 Å². The van der Waals surface area contributed by atoms with Gasteiger partial charge in [-0.15, -0.1) is 0 Å². The molecule has 0 radical (unpaired) electrons. The zero-order chi connectivity index (χ0) is 20.8. The molecule has 3 aromatic rings. The van der Waals surface area contributed by atoms with Gasteiger partial charge in [0.2, 0.25) is 0 Å². The minimum absolute atomic E-state index is 0.210. The molecule has 1 fully saturated rings. The smallest absolute Gasteiger partial charge is 0.336 e. The molecule has 2 heterocycles. The first-order chi connectivity index (χ1) is 14.7. The van der Waals surface area contributed by atoms with Crippen molar-refractivity contribution >= 4 is 11.0 Å². The Morgan fingerprint density at radius 2 is 1.90 bits per heavy atom. The van der Waals surface area contributed by atoms with Crippen molar-refractivity contribution in [2.24, 2.45) is 0 Å². The lowest BCUT2D eigenvalue weighted by Gasteiger charge is -2.33. The van der Waals surface area contributed by atoms with Gasteiger partial charge in [-0.3, -0.25) is 4.90 Å². The molecule has 2 aromatic carbocycles. The molecule has 1 atom stereocenters. The summed E-state index contributed by atoms with van der Waals surface area (Å²) in [6, 6.07) is 19.3. The number of nitrogens with one attached hydrogen (secondary N) is 1.